The van der Waals surface area contributed by atoms with E-state index in [1.54, 1.807) is 11.8 Å². The van der Waals surface area contributed by atoms with E-state index in [0.29, 0.717) is 13.1 Å². The Morgan fingerprint density at radius 3 is 2.35 bits per heavy atom. The highest BCUT2D eigenvalue weighted by molar-refractivity contribution is 7.99. The number of hydrogen-bond acceptors (Lipinski definition) is 3. The molecule has 2 aliphatic heterocycles. The molecule has 0 bridgehead atoms. The van der Waals surface area contributed by atoms with Gasteiger partial charge in [0, 0.05) is 43.6 Å². The number of urea groups is 1. The SMILES string of the molecule is CC(C(=O)O)C1CN(C(=O)N2CCSCC2)C1. The first-order chi connectivity index (χ1) is 8.09. The molecule has 2 aliphatic rings. The summed E-state index contributed by atoms with van der Waals surface area (Å²) in [5.74, 6) is 1.02. The van der Waals surface area contributed by atoms with E-state index in [0.717, 1.165) is 24.6 Å². The lowest BCUT2D eigenvalue weighted by molar-refractivity contribution is -0.144. The van der Waals surface area contributed by atoms with Crippen LogP contribution in [0.4, 0.5) is 4.79 Å². The molecule has 2 saturated heterocycles. The Labute approximate surface area is 105 Å². The lowest BCUT2D eigenvalue weighted by Gasteiger charge is -2.44. The quantitative estimate of drug-likeness (QED) is 0.796. The molecule has 2 heterocycles. The summed E-state index contributed by atoms with van der Waals surface area (Å²) >= 11 is 1.87. The fourth-order valence-corrected chi connectivity index (χ4v) is 3.04. The van der Waals surface area contributed by atoms with E-state index in [1.807, 2.05) is 16.7 Å². The third-order valence-corrected chi connectivity index (χ3v) is 4.50. The van der Waals surface area contributed by atoms with Gasteiger partial charge in [0.2, 0.25) is 0 Å². The Morgan fingerprint density at radius 2 is 1.82 bits per heavy atom. The standard InChI is InChI=1S/C11H18N2O3S/c1-8(10(14)15)9-6-13(7-9)11(16)12-2-4-17-5-3-12/h8-9H,2-7H2,1H3,(H,14,15). The molecule has 1 unspecified atom stereocenters. The molecule has 0 spiro atoms. The van der Waals surface area contributed by atoms with E-state index >= 15 is 0 Å². The summed E-state index contributed by atoms with van der Waals surface area (Å²) in [5, 5.41) is 8.87. The minimum absolute atomic E-state index is 0.0825. The average Bonchev–Trinajstić information content (AvgIpc) is 2.27. The van der Waals surface area contributed by atoms with Crippen LogP contribution in [0.5, 0.6) is 0 Å². The van der Waals surface area contributed by atoms with Gasteiger partial charge in [0.15, 0.2) is 0 Å². The molecule has 0 radical (unpaired) electrons. The van der Waals surface area contributed by atoms with Gasteiger partial charge in [0.05, 0.1) is 5.92 Å². The van der Waals surface area contributed by atoms with E-state index in [2.05, 4.69) is 0 Å². The van der Waals surface area contributed by atoms with Gasteiger partial charge in [-0.15, -0.1) is 0 Å². The van der Waals surface area contributed by atoms with Gasteiger partial charge in [0.1, 0.15) is 0 Å². The van der Waals surface area contributed by atoms with Crippen molar-refractivity contribution in [3.05, 3.63) is 0 Å². The van der Waals surface area contributed by atoms with Gasteiger partial charge >= 0.3 is 12.0 Å². The molecular formula is C11H18N2O3S. The molecule has 0 saturated carbocycles. The molecule has 0 aliphatic carbocycles. The van der Waals surface area contributed by atoms with Crippen molar-refractivity contribution >= 4 is 23.8 Å². The molecular weight excluding hydrogens is 240 g/mol. The number of hydrogen-bond donors (Lipinski definition) is 1. The van der Waals surface area contributed by atoms with Gasteiger partial charge in [-0.1, -0.05) is 6.92 Å². The van der Waals surface area contributed by atoms with Crippen LogP contribution in [0.15, 0.2) is 0 Å². The van der Waals surface area contributed by atoms with Crippen molar-refractivity contribution in [1.29, 1.82) is 0 Å². The Kier molecular flexibility index (Phi) is 3.81. The lowest BCUT2D eigenvalue weighted by Crippen LogP contribution is -2.58. The first-order valence-electron chi connectivity index (χ1n) is 5.94. The number of amides is 2. The van der Waals surface area contributed by atoms with Crippen LogP contribution in [0, 0.1) is 11.8 Å². The molecule has 2 fully saturated rings. The van der Waals surface area contributed by atoms with Crippen LogP contribution in [-0.4, -0.2) is 64.6 Å². The van der Waals surface area contributed by atoms with Crippen molar-refractivity contribution in [3.8, 4) is 0 Å². The summed E-state index contributed by atoms with van der Waals surface area (Å²) in [6.45, 7) is 4.54. The number of thioether (sulfide) groups is 1. The number of carbonyl (C=O) groups is 2. The van der Waals surface area contributed by atoms with Gasteiger partial charge in [-0.05, 0) is 0 Å². The van der Waals surface area contributed by atoms with Crippen molar-refractivity contribution in [2.75, 3.05) is 37.7 Å². The summed E-state index contributed by atoms with van der Waals surface area (Å²) in [6.07, 6.45) is 0. The van der Waals surface area contributed by atoms with Crippen LogP contribution in [-0.2, 0) is 4.79 Å². The summed E-state index contributed by atoms with van der Waals surface area (Å²) in [4.78, 5) is 26.4. The molecule has 5 nitrogen and oxygen atoms in total. The van der Waals surface area contributed by atoms with Gasteiger partial charge in [0.25, 0.3) is 0 Å². The third-order valence-electron chi connectivity index (χ3n) is 3.56. The van der Waals surface area contributed by atoms with Crippen molar-refractivity contribution < 1.29 is 14.7 Å². The predicted molar refractivity (Wildman–Crippen MR) is 66.2 cm³/mol. The predicted octanol–water partition coefficient (Wildman–Crippen LogP) is 0.808. The fraction of sp³-hybridized carbons (Fsp3) is 0.818. The summed E-state index contributed by atoms with van der Waals surface area (Å²) in [5.41, 5.74) is 0. The minimum atomic E-state index is -0.767. The topological polar surface area (TPSA) is 60.9 Å². The zero-order valence-corrected chi connectivity index (χ0v) is 10.8. The highest BCUT2D eigenvalue weighted by Gasteiger charge is 2.38. The Balaban J connectivity index is 1.78. The van der Waals surface area contributed by atoms with E-state index < -0.39 is 5.97 Å². The molecule has 0 aromatic rings. The number of nitrogens with zero attached hydrogens (tertiary/aromatic N) is 2. The van der Waals surface area contributed by atoms with Crippen molar-refractivity contribution in [2.45, 2.75) is 6.92 Å². The van der Waals surface area contributed by atoms with Crippen molar-refractivity contribution in [2.24, 2.45) is 11.8 Å². The lowest BCUT2D eigenvalue weighted by atomic mass is 9.87. The number of likely N-dealkylation sites (tertiary alicyclic amines) is 1. The number of aliphatic carboxylic acids is 1. The molecule has 2 amide bonds. The molecule has 6 heteroatoms. The Hall–Kier alpha value is -0.910. The molecule has 0 aromatic heterocycles. The maximum absolute atomic E-state index is 12.0. The van der Waals surface area contributed by atoms with Gasteiger partial charge in [-0.2, -0.15) is 11.8 Å². The smallest absolute Gasteiger partial charge is 0.320 e. The van der Waals surface area contributed by atoms with E-state index in [-0.39, 0.29) is 17.9 Å². The summed E-state index contributed by atoms with van der Waals surface area (Å²) in [6, 6.07) is 0.0825. The number of carboxylic acids is 1. The second-order valence-electron chi connectivity index (χ2n) is 4.67. The molecule has 1 atom stereocenters. The second-order valence-corrected chi connectivity index (χ2v) is 5.90. The maximum atomic E-state index is 12.0. The van der Waals surface area contributed by atoms with Crippen LogP contribution in [0.25, 0.3) is 0 Å². The molecule has 17 heavy (non-hydrogen) atoms. The first kappa shape index (κ1) is 12.5. The fourth-order valence-electron chi connectivity index (χ4n) is 2.14. The van der Waals surface area contributed by atoms with Crippen molar-refractivity contribution in [3.63, 3.8) is 0 Å². The zero-order chi connectivity index (χ0) is 12.4. The van der Waals surface area contributed by atoms with Gasteiger partial charge in [-0.3, -0.25) is 4.79 Å². The van der Waals surface area contributed by atoms with E-state index in [9.17, 15) is 9.59 Å². The Morgan fingerprint density at radius 1 is 1.24 bits per heavy atom. The van der Waals surface area contributed by atoms with E-state index in [1.165, 1.54) is 0 Å². The molecule has 1 N–H and O–H groups in total. The minimum Gasteiger partial charge on any atom is -0.481 e. The number of carboxylic acid groups (broad SMARTS) is 1. The average molecular weight is 258 g/mol. The van der Waals surface area contributed by atoms with Gasteiger partial charge < -0.3 is 14.9 Å². The van der Waals surface area contributed by atoms with Crippen LogP contribution in [0.2, 0.25) is 0 Å². The number of carbonyl (C=O) groups excluding carboxylic acids is 1. The highest BCUT2D eigenvalue weighted by Crippen LogP contribution is 2.25. The summed E-state index contributed by atoms with van der Waals surface area (Å²) < 4.78 is 0. The summed E-state index contributed by atoms with van der Waals surface area (Å²) in [7, 11) is 0. The second kappa shape index (κ2) is 5.16. The van der Waals surface area contributed by atoms with Crippen molar-refractivity contribution in [1.82, 2.24) is 9.80 Å². The van der Waals surface area contributed by atoms with Crippen LogP contribution in [0.1, 0.15) is 6.92 Å². The molecule has 2 rings (SSSR count). The monoisotopic (exact) mass is 258 g/mol. The highest BCUT2D eigenvalue weighted by atomic mass is 32.2. The molecule has 0 aromatic carbocycles. The van der Waals surface area contributed by atoms with Crippen LogP contribution in [0.3, 0.4) is 0 Å². The van der Waals surface area contributed by atoms with Crippen LogP contribution >= 0.6 is 11.8 Å². The zero-order valence-electron chi connectivity index (χ0n) is 9.96. The largest absolute Gasteiger partial charge is 0.481 e. The van der Waals surface area contributed by atoms with Gasteiger partial charge in [-0.25, -0.2) is 4.79 Å². The number of rotatable bonds is 2. The molecule has 96 valence electrons. The normalized spacial score (nSPS) is 23.1. The Bertz CT molecular complexity index is 312. The first-order valence-corrected chi connectivity index (χ1v) is 7.09. The van der Waals surface area contributed by atoms with Crippen LogP contribution < -0.4 is 0 Å². The maximum Gasteiger partial charge on any atom is 0.320 e. The van der Waals surface area contributed by atoms with E-state index in [4.69, 9.17) is 5.11 Å². The third kappa shape index (κ3) is 2.68.